The van der Waals surface area contributed by atoms with Crippen molar-refractivity contribution in [2.45, 2.75) is 11.4 Å². The summed E-state index contributed by atoms with van der Waals surface area (Å²) in [4.78, 5) is 4.01. The molecule has 2 rings (SSSR count). The first-order chi connectivity index (χ1) is 8.18. The van der Waals surface area contributed by atoms with Crippen LogP contribution in [0.4, 0.5) is 0 Å². The molecule has 0 saturated heterocycles. The Morgan fingerprint density at radius 2 is 1.94 bits per heavy atom. The lowest BCUT2D eigenvalue weighted by molar-refractivity contribution is 0.581. The van der Waals surface area contributed by atoms with Crippen LogP contribution < -0.4 is 4.72 Å². The smallest absolute Gasteiger partial charge is 0.241 e. The molecule has 1 heterocycles. The first-order valence-electron chi connectivity index (χ1n) is 5.04. The van der Waals surface area contributed by atoms with E-state index in [1.165, 1.54) is 6.07 Å². The van der Waals surface area contributed by atoms with Crippen LogP contribution in [0.5, 0.6) is 0 Å². The van der Waals surface area contributed by atoms with Gasteiger partial charge in [-0.05, 0) is 23.8 Å². The maximum Gasteiger partial charge on any atom is 0.241 e. The lowest BCUT2D eigenvalue weighted by atomic mass is 10.3. The summed E-state index contributed by atoms with van der Waals surface area (Å²) < 4.78 is 26.2. The molecule has 4 nitrogen and oxygen atoms in total. The molecular weight excluding hydrogens is 236 g/mol. The molecule has 1 radical (unpaired) electrons. The van der Waals surface area contributed by atoms with Crippen LogP contribution in [-0.2, 0) is 16.6 Å². The molecule has 0 fully saturated rings. The van der Waals surface area contributed by atoms with E-state index in [1.54, 1.807) is 42.7 Å². The van der Waals surface area contributed by atoms with Gasteiger partial charge in [0.15, 0.2) is 0 Å². The Labute approximate surface area is 100 Å². The Morgan fingerprint density at radius 3 is 2.59 bits per heavy atom. The Bertz CT molecular complexity index is 568. The van der Waals surface area contributed by atoms with Crippen LogP contribution in [0.15, 0.2) is 53.7 Å². The summed E-state index contributed by atoms with van der Waals surface area (Å²) in [7, 11) is -3.48. The van der Waals surface area contributed by atoms with Crippen molar-refractivity contribution in [1.82, 2.24) is 9.71 Å². The second-order valence-corrected chi connectivity index (χ2v) is 5.14. The number of hydrogen-bond donors (Lipinski definition) is 1. The zero-order valence-electron chi connectivity index (χ0n) is 9.00. The number of benzene rings is 1. The second kappa shape index (κ2) is 5.07. The van der Waals surface area contributed by atoms with E-state index in [0.717, 1.165) is 5.56 Å². The first-order valence-corrected chi connectivity index (χ1v) is 6.52. The zero-order chi connectivity index (χ0) is 12.1. The van der Waals surface area contributed by atoms with Gasteiger partial charge < -0.3 is 0 Å². The van der Waals surface area contributed by atoms with Crippen molar-refractivity contribution < 1.29 is 8.42 Å². The minimum Gasteiger partial charge on any atom is -0.265 e. The van der Waals surface area contributed by atoms with Gasteiger partial charge in [0.2, 0.25) is 10.0 Å². The van der Waals surface area contributed by atoms with Crippen LogP contribution in [0.25, 0.3) is 0 Å². The number of nitrogens with one attached hydrogen (secondary N) is 1. The molecule has 1 aromatic carbocycles. The van der Waals surface area contributed by atoms with Crippen molar-refractivity contribution in [2.75, 3.05) is 0 Å². The van der Waals surface area contributed by atoms with Crippen molar-refractivity contribution >= 4 is 10.0 Å². The molecule has 0 unspecified atom stereocenters. The van der Waals surface area contributed by atoms with E-state index in [1.807, 2.05) is 0 Å². The fourth-order valence-corrected chi connectivity index (χ4v) is 2.29. The van der Waals surface area contributed by atoms with E-state index < -0.39 is 10.0 Å². The third-order valence-electron chi connectivity index (χ3n) is 2.19. The average Bonchev–Trinajstić information content (AvgIpc) is 2.39. The minimum atomic E-state index is -3.48. The van der Waals surface area contributed by atoms with Crippen molar-refractivity contribution in [3.05, 3.63) is 60.4 Å². The van der Waals surface area contributed by atoms with Gasteiger partial charge in [-0.2, -0.15) is 0 Å². The van der Waals surface area contributed by atoms with Crippen molar-refractivity contribution in [3.63, 3.8) is 0 Å². The summed E-state index contributed by atoms with van der Waals surface area (Å²) in [5, 5.41) is 0. The average molecular weight is 247 g/mol. The molecule has 1 N–H and O–H groups in total. The predicted molar refractivity (Wildman–Crippen MR) is 63.5 cm³/mol. The van der Waals surface area contributed by atoms with Gasteiger partial charge in [-0.25, -0.2) is 13.1 Å². The Morgan fingerprint density at radius 1 is 1.18 bits per heavy atom. The van der Waals surface area contributed by atoms with Crippen LogP contribution in [0.1, 0.15) is 5.56 Å². The molecule has 0 spiro atoms. The van der Waals surface area contributed by atoms with Gasteiger partial charge in [0.1, 0.15) is 0 Å². The normalized spacial score (nSPS) is 11.3. The number of sulfonamides is 1. The van der Waals surface area contributed by atoms with E-state index in [-0.39, 0.29) is 11.4 Å². The molecule has 0 atom stereocenters. The second-order valence-electron chi connectivity index (χ2n) is 3.41. The molecule has 87 valence electrons. The Balaban J connectivity index is 2.09. The van der Waals surface area contributed by atoms with Gasteiger partial charge >= 0.3 is 0 Å². The third kappa shape index (κ3) is 3.12. The predicted octanol–water partition coefficient (Wildman–Crippen LogP) is 1.36. The molecule has 1 aromatic heterocycles. The molecule has 0 saturated carbocycles. The van der Waals surface area contributed by atoms with Crippen LogP contribution in [0, 0.1) is 6.07 Å². The highest BCUT2D eigenvalue weighted by Crippen LogP contribution is 2.07. The van der Waals surface area contributed by atoms with Gasteiger partial charge in [-0.3, -0.25) is 4.98 Å². The van der Waals surface area contributed by atoms with Crippen molar-refractivity contribution in [3.8, 4) is 0 Å². The highest BCUT2D eigenvalue weighted by Gasteiger charge is 2.12. The summed E-state index contributed by atoms with van der Waals surface area (Å²) in [6.07, 6.45) is 3.25. The quantitative estimate of drug-likeness (QED) is 0.887. The highest BCUT2D eigenvalue weighted by molar-refractivity contribution is 7.89. The van der Waals surface area contributed by atoms with Crippen molar-refractivity contribution in [1.29, 1.82) is 0 Å². The fraction of sp³-hybridized carbons (Fsp3) is 0.0833. The highest BCUT2D eigenvalue weighted by atomic mass is 32.2. The molecular formula is C12H11N2O2S. The maximum absolute atomic E-state index is 11.8. The van der Waals surface area contributed by atoms with Crippen molar-refractivity contribution in [2.24, 2.45) is 0 Å². The minimum absolute atomic E-state index is 0.147. The molecule has 0 aliphatic heterocycles. The molecule has 0 amide bonds. The van der Waals surface area contributed by atoms with Crippen LogP contribution in [-0.4, -0.2) is 13.4 Å². The molecule has 0 aliphatic carbocycles. The number of aromatic nitrogens is 1. The topological polar surface area (TPSA) is 59.1 Å². The molecule has 2 aromatic rings. The van der Waals surface area contributed by atoms with Gasteiger partial charge in [0, 0.05) is 25.0 Å². The van der Waals surface area contributed by atoms with E-state index in [2.05, 4.69) is 15.8 Å². The van der Waals surface area contributed by atoms with Gasteiger partial charge in [0.05, 0.1) is 4.90 Å². The SMILES string of the molecule is O=S(=O)(NCc1ccncc1)c1[c]cccc1. The van der Waals surface area contributed by atoms with Gasteiger partial charge in [0.25, 0.3) is 0 Å². The number of pyridine rings is 1. The van der Waals surface area contributed by atoms with Crippen LogP contribution >= 0.6 is 0 Å². The largest absolute Gasteiger partial charge is 0.265 e. The molecule has 17 heavy (non-hydrogen) atoms. The fourth-order valence-electron chi connectivity index (χ4n) is 1.30. The zero-order valence-corrected chi connectivity index (χ0v) is 9.81. The van der Waals surface area contributed by atoms with Gasteiger partial charge in [-0.15, -0.1) is 0 Å². The number of nitrogens with zero attached hydrogens (tertiary/aromatic N) is 1. The van der Waals surface area contributed by atoms with Gasteiger partial charge in [-0.1, -0.05) is 18.2 Å². The monoisotopic (exact) mass is 247 g/mol. The Kier molecular flexibility index (Phi) is 3.51. The van der Waals surface area contributed by atoms with E-state index in [0.29, 0.717) is 0 Å². The lowest BCUT2D eigenvalue weighted by Gasteiger charge is -2.05. The molecule has 0 bridgehead atoms. The third-order valence-corrected chi connectivity index (χ3v) is 3.54. The summed E-state index contributed by atoms with van der Waals surface area (Å²) in [5.74, 6) is 0. The standard InChI is InChI=1S/C12H11N2O2S/c15-17(16,12-4-2-1-3-5-12)14-10-11-6-8-13-9-7-11/h1-4,6-9,14H,10H2. The number of rotatable bonds is 4. The lowest BCUT2D eigenvalue weighted by Crippen LogP contribution is -2.23. The van der Waals surface area contributed by atoms with E-state index >= 15 is 0 Å². The molecule has 5 heteroatoms. The first kappa shape index (κ1) is 11.8. The summed E-state index contributed by atoms with van der Waals surface area (Å²) >= 11 is 0. The van der Waals surface area contributed by atoms with E-state index in [4.69, 9.17) is 0 Å². The summed E-state index contributed by atoms with van der Waals surface area (Å²) in [6.45, 7) is 0.244. The molecule has 0 aliphatic rings. The maximum atomic E-state index is 11.8. The number of hydrogen-bond acceptors (Lipinski definition) is 3. The van der Waals surface area contributed by atoms with E-state index in [9.17, 15) is 8.42 Å². The summed E-state index contributed by atoms with van der Waals surface area (Å²) in [6, 6.07) is 12.7. The summed E-state index contributed by atoms with van der Waals surface area (Å²) in [5.41, 5.74) is 0.861. The Hall–Kier alpha value is -1.72. The van der Waals surface area contributed by atoms with Crippen LogP contribution in [0.3, 0.4) is 0 Å². The van der Waals surface area contributed by atoms with Crippen LogP contribution in [0.2, 0.25) is 0 Å².